The normalized spacial score (nSPS) is 31.1. The van der Waals surface area contributed by atoms with E-state index in [1.54, 1.807) is 0 Å². The van der Waals surface area contributed by atoms with Crippen molar-refractivity contribution in [1.82, 2.24) is 5.32 Å². The average molecular weight is 303 g/mol. The fraction of sp³-hybridized carbons (Fsp3) is 1.00. The van der Waals surface area contributed by atoms with E-state index < -0.39 is 9.84 Å². The monoisotopic (exact) mass is 303 g/mol. The Morgan fingerprint density at radius 2 is 1.85 bits per heavy atom. The lowest BCUT2D eigenvalue weighted by Crippen LogP contribution is -2.47. The zero-order valence-corrected chi connectivity index (χ0v) is 13.6. The maximum atomic E-state index is 11.8. The molecule has 20 heavy (non-hydrogen) atoms. The highest BCUT2D eigenvalue weighted by Crippen LogP contribution is 2.35. The predicted molar refractivity (Wildman–Crippen MR) is 81.6 cm³/mol. The lowest BCUT2D eigenvalue weighted by Gasteiger charge is -2.40. The third kappa shape index (κ3) is 4.18. The van der Waals surface area contributed by atoms with Crippen LogP contribution in [0.3, 0.4) is 0 Å². The standard InChI is InChI=1S/C15H29NO3S/c1-3-16-15(12-7-9-19-10-8-12)13-5-4-6-14(11-13)20(2,17)18/h12-16H,3-11H2,1-2H3. The fourth-order valence-electron chi connectivity index (χ4n) is 3.92. The van der Waals surface area contributed by atoms with Crippen LogP contribution in [0.5, 0.6) is 0 Å². The molecular formula is C15H29NO3S. The van der Waals surface area contributed by atoms with Gasteiger partial charge in [0, 0.05) is 25.5 Å². The molecular weight excluding hydrogens is 274 g/mol. The SMILES string of the molecule is CCNC(C1CCOCC1)C1CCCC(S(C)(=O)=O)C1. The van der Waals surface area contributed by atoms with Crippen LogP contribution in [0.2, 0.25) is 0 Å². The van der Waals surface area contributed by atoms with Crippen LogP contribution in [0.4, 0.5) is 0 Å². The average Bonchev–Trinajstić information content (AvgIpc) is 2.45. The molecule has 5 heteroatoms. The summed E-state index contributed by atoms with van der Waals surface area (Å²) in [5, 5.41) is 3.52. The van der Waals surface area contributed by atoms with Gasteiger partial charge in [-0.05, 0) is 50.5 Å². The van der Waals surface area contributed by atoms with Gasteiger partial charge in [0.1, 0.15) is 9.84 Å². The molecule has 0 radical (unpaired) electrons. The van der Waals surface area contributed by atoms with Gasteiger partial charge in [0.25, 0.3) is 0 Å². The molecule has 1 heterocycles. The lowest BCUT2D eigenvalue weighted by atomic mass is 9.76. The lowest BCUT2D eigenvalue weighted by molar-refractivity contribution is 0.0409. The molecule has 0 aromatic rings. The van der Waals surface area contributed by atoms with Gasteiger partial charge in [-0.3, -0.25) is 0 Å². The van der Waals surface area contributed by atoms with Gasteiger partial charge >= 0.3 is 0 Å². The number of sulfone groups is 1. The summed E-state index contributed by atoms with van der Waals surface area (Å²) < 4.78 is 29.2. The smallest absolute Gasteiger partial charge is 0.150 e. The van der Waals surface area contributed by atoms with Crippen LogP contribution in [0.25, 0.3) is 0 Å². The van der Waals surface area contributed by atoms with E-state index in [0.717, 1.165) is 51.9 Å². The van der Waals surface area contributed by atoms with Crippen LogP contribution in [-0.4, -0.2) is 45.7 Å². The topological polar surface area (TPSA) is 55.4 Å². The zero-order valence-electron chi connectivity index (χ0n) is 12.8. The van der Waals surface area contributed by atoms with Crippen molar-refractivity contribution in [2.24, 2.45) is 11.8 Å². The first-order valence-electron chi connectivity index (χ1n) is 8.02. The van der Waals surface area contributed by atoms with Crippen molar-refractivity contribution in [3.63, 3.8) is 0 Å². The first kappa shape index (κ1) is 16.2. The van der Waals surface area contributed by atoms with Gasteiger partial charge in [-0.25, -0.2) is 8.42 Å². The van der Waals surface area contributed by atoms with Crippen LogP contribution >= 0.6 is 0 Å². The number of hydrogen-bond acceptors (Lipinski definition) is 4. The number of rotatable bonds is 5. The summed E-state index contributed by atoms with van der Waals surface area (Å²) in [7, 11) is -2.89. The molecule has 0 amide bonds. The van der Waals surface area contributed by atoms with Crippen LogP contribution in [0, 0.1) is 11.8 Å². The molecule has 0 aromatic heterocycles. The van der Waals surface area contributed by atoms with Crippen molar-refractivity contribution in [3.05, 3.63) is 0 Å². The van der Waals surface area contributed by atoms with Crippen molar-refractivity contribution >= 4 is 9.84 Å². The van der Waals surface area contributed by atoms with Gasteiger partial charge in [-0.15, -0.1) is 0 Å². The quantitative estimate of drug-likeness (QED) is 0.844. The highest BCUT2D eigenvalue weighted by molar-refractivity contribution is 7.91. The van der Waals surface area contributed by atoms with E-state index in [0.29, 0.717) is 17.9 Å². The molecule has 3 unspecified atom stereocenters. The van der Waals surface area contributed by atoms with Crippen molar-refractivity contribution in [1.29, 1.82) is 0 Å². The zero-order chi connectivity index (χ0) is 14.6. The minimum Gasteiger partial charge on any atom is -0.381 e. The van der Waals surface area contributed by atoms with E-state index in [-0.39, 0.29) is 5.25 Å². The molecule has 2 aliphatic rings. The Bertz CT molecular complexity index is 390. The second-order valence-electron chi connectivity index (χ2n) is 6.41. The van der Waals surface area contributed by atoms with E-state index in [9.17, 15) is 8.42 Å². The molecule has 4 nitrogen and oxygen atoms in total. The van der Waals surface area contributed by atoms with Crippen LogP contribution in [0.15, 0.2) is 0 Å². The summed E-state index contributed by atoms with van der Waals surface area (Å²) in [6.45, 7) is 4.81. The highest BCUT2D eigenvalue weighted by atomic mass is 32.2. The molecule has 118 valence electrons. The largest absolute Gasteiger partial charge is 0.381 e. The number of nitrogens with one attached hydrogen (secondary N) is 1. The van der Waals surface area contributed by atoms with Gasteiger partial charge in [-0.1, -0.05) is 13.3 Å². The summed E-state index contributed by atoms with van der Waals surface area (Å²) in [5.41, 5.74) is 0. The third-order valence-electron chi connectivity index (χ3n) is 4.99. The summed E-state index contributed by atoms with van der Waals surface area (Å²) >= 11 is 0. The Hall–Kier alpha value is -0.130. The first-order valence-corrected chi connectivity index (χ1v) is 9.97. The van der Waals surface area contributed by atoms with Gasteiger partial charge in [0.05, 0.1) is 5.25 Å². The van der Waals surface area contributed by atoms with Crippen LogP contribution in [-0.2, 0) is 14.6 Å². The third-order valence-corrected chi connectivity index (χ3v) is 6.63. The summed E-state index contributed by atoms with van der Waals surface area (Å²) in [6, 6.07) is 0.466. The van der Waals surface area contributed by atoms with E-state index in [1.807, 2.05) is 0 Å². The fourth-order valence-corrected chi connectivity index (χ4v) is 5.12. The van der Waals surface area contributed by atoms with Crippen molar-refractivity contribution in [2.75, 3.05) is 26.0 Å². The number of ether oxygens (including phenoxy) is 1. The molecule has 1 aliphatic carbocycles. The van der Waals surface area contributed by atoms with Crippen LogP contribution in [0.1, 0.15) is 45.4 Å². The summed E-state index contributed by atoms with van der Waals surface area (Å²) in [5.74, 6) is 1.15. The van der Waals surface area contributed by atoms with Gasteiger partial charge in [-0.2, -0.15) is 0 Å². The second kappa shape index (κ2) is 7.23. The first-order chi connectivity index (χ1) is 9.52. The molecule has 1 aliphatic heterocycles. The minimum atomic E-state index is -2.89. The van der Waals surface area contributed by atoms with E-state index in [1.165, 1.54) is 12.7 Å². The Kier molecular flexibility index (Phi) is 5.87. The summed E-state index contributed by atoms with van der Waals surface area (Å²) in [4.78, 5) is 0. The minimum absolute atomic E-state index is 0.123. The van der Waals surface area contributed by atoms with Gasteiger partial charge < -0.3 is 10.1 Å². The summed E-state index contributed by atoms with van der Waals surface area (Å²) in [6.07, 6.45) is 7.52. The van der Waals surface area contributed by atoms with Gasteiger partial charge in [0.2, 0.25) is 0 Å². The number of hydrogen-bond donors (Lipinski definition) is 1. The molecule has 2 rings (SSSR count). The van der Waals surface area contributed by atoms with E-state index in [2.05, 4.69) is 12.2 Å². The molecule has 0 aromatic carbocycles. The molecule has 0 spiro atoms. The molecule has 0 bridgehead atoms. The van der Waals surface area contributed by atoms with Crippen molar-refractivity contribution < 1.29 is 13.2 Å². The van der Waals surface area contributed by atoms with Crippen molar-refractivity contribution in [2.45, 2.75) is 56.7 Å². The maximum absolute atomic E-state index is 11.8. The van der Waals surface area contributed by atoms with E-state index in [4.69, 9.17) is 4.74 Å². The molecule has 3 atom stereocenters. The highest BCUT2D eigenvalue weighted by Gasteiger charge is 2.36. The Morgan fingerprint density at radius 3 is 2.45 bits per heavy atom. The Balaban J connectivity index is 2.04. The molecule has 1 saturated carbocycles. The van der Waals surface area contributed by atoms with Crippen molar-refractivity contribution in [3.8, 4) is 0 Å². The Morgan fingerprint density at radius 1 is 1.15 bits per heavy atom. The predicted octanol–water partition coefficient (Wildman–Crippen LogP) is 1.99. The second-order valence-corrected chi connectivity index (χ2v) is 8.74. The molecule has 2 fully saturated rings. The Labute approximate surface area is 123 Å². The molecule has 1 saturated heterocycles. The maximum Gasteiger partial charge on any atom is 0.150 e. The molecule has 1 N–H and O–H groups in total. The van der Waals surface area contributed by atoms with E-state index >= 15 is 0 Å². The van der Waals surface area contributed by atoms with Crippen LogP contribution < -0.4 is 5.32 Å². The van der Waals surface area contributed by atoms with Gasteiger partial charge in [0.15, 0.2) is 0 Å².